The lowest BCUT2D eigenvalue weighted by Gasteiger charge is -2.01. The van der Waals surface area contributed by atoms with Crippen LogP contribution in [0.5, 0.6) is 0 Å². The molecule has 0 saturated heterocycles. The Hall–Kier alpha value is -1.66. The second-order valence-corrected chi connectivity index (χ2v) is 6.61. The summed E-state index contributed by atoms with van der Waals surface area (Å²) in [5.41, 5.74) is 2.61. The van der Waals surface area contributed by atoms with Gasteiger partial charge in [0.25, 0.3) is 5.22 Å². The molecule has 0 aliphatic heterocycles. The van der Waals surface area contributed by atoms with Crippen molar-refractivity contribution < 1.29 is 8.81 Å². The van der Waals surface area contributed by atoms with Crippen molar-refractivity contribution in [3.8, 4) is 11.5 Å². The Morgan fingerprint density at radius 2 is 2.05 bits per heavy atom. The first kappa shape index (κ1) is 15.2. The smallest absolute Gasteiger partial charge is 0.277 e. The average Bonchev–Trinajstić information content (AvgIpc) is 2.95. The van der Waals surface area contributed by atoms with E-state index in [9.17, 15) is 4.39 Å². The number of thioether (sulfide) groups is 1. The second-order valence-electron chi connectivity index (χ2n) is 4.77. The largest absolute Gasteiger partial charge is 0.411 e. The van der Waals surface area contributed by atoms with E-state index in [2.05, 4.69) is 26.1 Å². The van der Waals surface area contributed by atoms with Gasteiger partial charge in [0.1, 0.15) is 5.82 Å². The van der Waals surface area contributed by atoms with Crippen LogP contribution in [0.1, 0.15) is 11.1 Å². The summed E-state index contributed by atoms with van der Waals surface area (Å²) in [6.45, 7) is 2.01. The molecule has 0 radical (unpaired) electrons. The van der Waals surface area contributed by atoms with E-state index in [1.807, 2.05) is 37.3 Å². The summed E-state index contributed by atoms with van der Waals surface area (Å²) >= 11 is 4.56. The summed E-state index contributed by atoms with van der Waals surface area (Å²) in [7, 11) is 0. The quantitative estimate of drug-likeness (QED) is 0.582. The molecule has 3 nitrogen and oxygen atoms in total. The molecule has 0 N–H and O–H groups in total. The summed E-state index contributed by atoms with van der Waals surface area (Å²) in [6.07, 6.45) is 0. The number of nitrogens with zero attached hydrogens (tertiary/aromatic N) is 2. The standard InChI is InChI=1S/C16H12BrFN2OS/c1-10-3-2-4-11(7-10)15-19-20-16(21-15)22-9-12-5-6-13(17)8-14(12)18/h2-8H,9H2,1H3. The number of aromatic nitrogens is 2. The summed E-state index contributed by atoms with van der Waals surface area (Å²) in [6, 6.07) is 12.8. The number of aryl methyl sites for hydroxylation is 1. The first-order valence-electron chi connectivity index (χ1n) is 6.59. The van der Waals surface area contributed by atoms with Gasteiger partial charge in [-0.2, -0.15) is 0 Å². The monoisotopic (exact) mass is 378 g/mol. The number of rotatable bonds is 4. The zero-order valence-corrected chi connectivity index (χ0v) is 14.1. The molecule has 0 amide bonds. The van der Waals surface area contributed by atoms with E-state index in [4.69, 9.17) is 4.42 Å². The molecule has 0 fully saturated rings. The lowest BCUT2D eigenvalue weighted by molar-refractivity contribution is 0.465. The highest BCUT2D eigenvalue weighted by atomic mass is 79.9. The molecule has 3 rings (SSSR count). The SMILES string of the molecule is Cc1cccc(-c2nnc(SCc3ccc(Br)cc3F)o2)c1. The van der Waals surface area contributed by atoms with Crippen LogP contribution in [0.4, 0.5) is 4.39 Å². The Morgan fingerprint density at radius 3 is 2.82 bits per heavy atom. The van der Waals surface area contributed by atoms with E-state index in [1.165, 1.54) is 17.8 Å². The van der Waals surface area contributed by atoms with E-state index in [0.29, 0.717) is 22.4 Å². The van der Waals surface area contributed by atoms with Gasteiger partial charge in [-0.25, -0.2) is 4.39 Å². The number of benzene rings is 2. The molecule has 0 aliphatic rings. The predicted molar refractivity (Wildman–Crippen MR) is 88.1 cm³/mol. The molecule has 1 heterocycles. The van der Waals surface area contributed by atoms with E-state index < -0.39 is 0 Å². The third-order valence-corrected chi connectivity index (χ3v) is 4.40. The highest BCUT2D eigenvalue weighted by Crippen LogP contribution is 2.27. The minimum absolute atomic E-state index is 0.250. The highest BCUT2D eigenvalue weighted by Gasteiger charge is 2.11. The van der Waals surface area contributed by atoms with Gasteiger partial charge < -0.3 is 4.42 Å². The molecule has 0 spiro atoms. The van der Waals surface area contributed by atoms with E-state index in [-0.39, 0.29) is 5.82 Å². The maximum Gasteiger partial charge on any atom is 0.277 e. The van der Waals surface area contributed by atoms with Crippen molar-refractivity contribution >= 4 is 27.7 Å². The molecule has 112 valence electrons. The first-order valence-corrected chi connectivity index (χ1v) is 8.37. The van der Waals surface area contributed by atoms with E-state index in [0.717, 1.165) is 15.6 Å². The number of hydrogen-bond donors (Lipinski definition) is 0. The molecule has 22 heavy (non-hydrogen) atoms. The van der Waals surface area contributed by atoms with Gasteiger partial charge in [0.2, 0.25) is 5.89 Å². The molecule has 6 heteroatoms. The van der Waals surface area contributed by atoms with Crippen molar-refractivity contribution in [2.24, 2.45) is 0 Å². The zero-order chi connectivity index (χ0) is 15.5. The van der Waals surface area contributed by atoms with Crippen molar-refractivity contribution in [3.63, 3.8) is 0 Å². The molecule has 2 aromatic carbocycles. The molecular formula is C16H12BrFN2OS. The summed E-state index contributed by atoms with van der Waals surface area (Å²) in [4.78, 5) is 0. The third kappa shape index (κ3) is 3.56. The molecule has 3 aromatic rings. The summed E-state index contributed by atoms with van der Waals surface area (Å²) in [5.74, 6) is 0.664. The van der Waals surface area contributed by atoms with Gasteiger partial charge in [-0.05, 0) is 36.8 Å². The van der Waals surface area contributed by atoms with Gasteiger partial charge in [-0.15, -0.1) is 10.2 Å². The van der Waals surface area contributed by atoms with Crippen molar-refractivity contribution in [3.05, 3.63) is 63.9 Å². The van der Waals surface area contributed by atoms with E-state index >= 15 is 0 Å². The second kappa shape index (κ2) is 6.62. The van der Waals surface area contributed by atoms with Gasteiger partial charge in [0, 0.05) is 15.8 Å². The third-order valence-electron chi connectivity index (χ3n) is 3.04. The minimum Gasteiger partial charge on any atom is -0.411 e. The predicted octanol–water partition coefficient (Wildman–Crippen LogP) is 5.24. The Bertz CT molecular complexity index is 806. The number of halogens is 2. The van der Waals surface area contributed by atoms with E-state index in [1.54, 1.807) is 6.07 Å². The van der Waals surface area contributed by atoms with Crippen LogP contribution in [0.25, 0.3) is 11.5 Å². The molecule has 0 unspecified atom stereocenters. The Kier molecular flexibility index (Phi) is 4.59. The fraction of sp³-hybridized carbons (Fsp3) is 0.125. The van der Waals surface area contributed by atoms with Crippen LogP contribution in [0, 0.1) is 12.7 Å². The lowest BCUT2D eigenvalue weighted by atomic mass is 10.1. The summed E-state index contributed by atoms with van der Waals surface area (Å²) in [5, 5.41) is 8.47. The van der Waals surface area contributed by atoms with Crippen molar-refractivity contribution in [1.29, 1.82) is 0 Å². The fourth-order valence-corrected chi connectivity index (χ4v) is 3.02. The van der Waals surface area contributed by atoms with Crippen LogP contribution in [0.15, 0.2) is 56.6 Å². The molecule has 0 bridgehead atoms. The highest BCUT2D eigenvalue weighted by molar-refractivity contribution is 9.10. The molecule has 0 aliphatic carbocycles. The maximum atomic E-state index is 13.8. The van der Waals surface area contributed by atoms with Crippen LogP contribution in [-0.2, 0) is 5.75 Å². The van der Waals surface area contributed by atoms with Crippen molar-refractivity contribution in [2.75, 3.05) is 0 Å². The van der Waals surface area contributed by atoms with Gasteiger partial charge in [0.15, 0.2) is 0 Å². The van der Waals surface area contributed by atoms with Crippen molar-refractivity contribution in [1.82, 2.24) is 10.2 Å². The topological polar surface area (TPSA) is 38.9 Å². The molecule has 0 atom stereocenters. The molecular weight excluding hydrogens is 367 g/mol. The number of hydrogen-bond acceptors (Lipinski definition) is 4. The fourth-order valence-electron chi connectivity index (χ4n) is 1.94. The van der Waals surface area contributed by atoms with Gasteiger partial charge in [-0.3, -0.25) is 0 Å². The Labute approximate surface area is 140 Å². The average molecular weight is 379 g/mol. The van der Waals surface area contributed by atoms with Gasteiger partial charge in [-0.1, -0.05) is 51.5 Å². The minimum atomic E-state index is -0.250. The lowest BCUT2D eigenvalue weighted by Crippen LogP contribution is -1.87. The van der Waals surface area contributed by atoms with Crippen LogP contribution >= 0.6 is 27.7 Å². The van der Waals surface area contributed by atoms with Gasteiger partial charge in [0.05, 0.1) is 0 Å². The zero-order valence-electron chi connectivity index (χ0n) is 11.7. The van der Waals surface area contributed by atoms with Crippen LogP contribution in [0.2, 0.25) is 0 Å². The maximum absolute atomic E-state index is 13.8. The Morgan fingerprint density at radius 1 is 1.18 bits per heavy atom. The normalized spacial score (nSPS) is 10.9. The van der Waals surface area contributed by atoms with Crippen LogP contribution < -0.4 is 0 Å². The Balaban J connectivity index is 1.72. The molecule has 0 saturated carbocycles. The van der Waals surface area contributed by atoms with Crippen LogP contribution in [0.3, 0.4) is 0 Å². The first-order chi connectivity index (χ1) is 10.6. The molecule has 1 aromatic heterocycles. The van der Waals surface area contributed by atoms with Crippen molar-refractivity contribution in [2.45, 2.75) is 17.9 Å². The summed E-state index contributed by atoms with van der Waals surface area (Å²) < 4.78 is 20.1. The van der Waals surface area contributed by atoms with Gasteiger partial charge >= 0.3 is 0 Å². The van der Waals surface area contributed by atoms with Crippen LogP contribution in [-0.4, -0.2) is 10.2 Å².